The molecule has 0 aromatic carbocycles. The van der Waals surface area contributed by atoms with E-state index < -0.39 is 0 Å². The molecule has 0 radical (unpaired) electrons. The SMILES string of the molecule is CCc1ncc2c(n1)CN(Cc1nnc(C3CC3)o1)CC2. The molecule has 6 nitrogen and oxygen atoms in total. The summed E-state index contributed by atoms with van der Waals surface area (Å²) in [6.07, 6.45) is 6.23. The molecule has 1 saturated carbocycles. The molecule has 21 heavy (non-hydrogen) atoms. The zero-order valence-corrected chi connectivity index (χ0v) is 12.2. The zero-order valence-electron chi connectivity index (χ0n) is 12.2. The third-order valence-electron chi connectivity index (χ3n) is 4.16. The molecule has 1 fully saturated rings. The number of rotatable bonds is 4. The molecular weight excluding hydrogens is 266 g/mol. The van der Waals surface area contributed by atoms with Crippen LogP contribution >= 0.6 is 0 Å². The van der Waals surface area contributed by atoms with Gasteiger partial charge in [0.25, 0.3) is 0 Å². The van der Waals surface area contributed by atoms with E-state index in [-0.39, 0.29) is 0 Å². The minimum absolute atomic E-state index is 0.521. The quantitative estimate of drug-likeness (QED) is 0.854. The standard InChI is InChI=1S/C15H19N5O/c1-2-13-16-7-11-5-6-20(8-12(11)17-13)9-14-18-19-15(21-14)10-3-4-10/h7,10H,2-6,8-9H2,1H3. The van der Waals surface area contributed by atoms with E-state index in [9.17, 15) is 0 Å². The highest BCUT2D eigenvalue weighted by atomic mass is 16.4. The van der Waals surface area contributed by atoms with Crippen molar-refractivity contribution in [3.8, 4) is 0 Å². The summed E-state index contributed by atoms with van der Waals surface area (Å²) >= 11 is 0. The summed E-state index contributed by atoms with van der Waals surface area (Å²) < 4.78 is 5.75. The Morgan fingerprint density at radius 2 is 2.24 bits per heavy atom. The van der Waals surface area contributed by atoms with E-state index in [1.54, 1.807) is 0 Å². The monoisotopic (exact) mass is 285 g/mol. The summed E-state index contributed by atoms with van der Waals surface area (Å²) in [6.45, 7) is 4.62. The first-order valence-corrected chi connectivity index (χ1v) is 7.70. The van der Waals surface area contributed by atoms with Crippen LogP contribution < -0.4 is 0 Å². The van der Waals surface area contributed by atoms with Gasteiger partial charge in [-0.3, -0.25) is 4.90 Å². The molecule has 6 heteroatoms. The molecule has 1 aliphatic heterocycles. The first-order valence-electron chi connectivity index (χ1n) is 7.70. The van der Waals surface area contributed by atoms with Crippen molar-refractivity contribution in [2.24, 2.45) is 0 Å². The number of hydrogen-bond donors (Lipinski definition) is 0. The van der Waals surface area contributed by atoms with Crippen LogP contribution in [0, 0.1) is 0 Å². The fourth-order valence-corrected chi connectivity index (χ4v) is 2.72. The van der Waals surface area contributed by atoms with Crippen LogP contribution in [0.5, 0.6) is 0 Å². The summed E-state index contributed by atoms with van der Waals surface area (Å²) in [6, 6.07) is 0. The Morgan fingerprint density at radius 3 is 3.05 bits per heavy atom. The smallest absolute Gasteiger partial charge is 0.230 e. The maximum atomic E-state index is 5.75. The number of hydrogen-bond acceptors (Lipinski definition) is 6. The molecule has 2 aliphatic rings. The normalized spacial score (nSPS) is 18.7. The van der Waals surface area contributed by atoms with Crippen LogP contribution in [0.2, 0.25) is 0 Å². The Bertz CT molecular complexity index is 649. The largest absolute Gasteiger partial charge is 0.424 e. The average Bonchev–Trinajstić information content (AvgIpc) is 3.27. The summed E-state index contributed by atoms with van der Waals surface area (Å²) in [4.78, 5) is 11.3. The van der Waals surface area contributed by atoms with Crippen LogP contribution in [-0.2, 0) is 25.9 Å². The average molecular weight is 285 g/mol. The van der Waals surface area contributed by atoms with Crippen molar-refractivity contribution in [2.75, 3.05) is 6.54 Å². The molecule has 2 aromatic rings. The summed E-state index contributed by atoms with van der Waals surface area (Å²) in [5.41, 5.74) is 2.42. The van der Waals surface area contributed by atoms with E-state index >= 15 is 0 Å². The van der Waals surface area contributed by atoms with Gasteiger partial charge in [-0.2, -0.15) is 0 Å². The molecule has 0 saturated heterocycles. The Kier molecular flexibility index (Phi) is 3.18. The van der Waals surface area contributed by atoms with Crippen LogP contribution in [0.25, 0.3) is 0 Å². The van der Waals surface area contributed by atoms with Crippen LogP contribution in [0.4, 0.5) is 0 Å². The fourth-order valence-electron chi connectivity index (χ4n) is 2.72. The summed E-state index contributed by atoms with van der Waals surface area (Å²) in [5.74, 6) is 2.99. The molecule has 1 aliphatic carbocycles. The molecule has 0 atom stereocenters. The first kappa shape index (κ1) is 12.9. The summed E-state index contributed by atoms with van der Waals surface area (Å²) in [5, 5.41) is 8.32. The molecular formula is C15H19N5O. The van der Waals surface area contributed by atoms with Gasteiger partial charge in [-0.05, 0) is 24.8 Å². The minimum Gasteiger partial charge on any atom is -0.424 e. The van der Waals surface area contributed by atoms with Gasteiger partial charge < -0.3 is 4.42 Å². The van der Waals surface area contributed by atoms with Gasteiger partial charge in [0.15, 0.2) is 0 Å². The van der Waals surface area contributed by atoms with Crippen molar-refractivity contribution < 1.29 is 4.42 Å². The molecule has 3 heterocycles. The lowest BCUT2D eigenvalue weighted by Gasteiger charge is -2.26. The van der Waals surface area contributed by atoms with Gasteiger partial charge in [0.2, 0.25) is 11.8 Å². The van der Waals surface area contributed by atoms with Crippen molar-refractivity contribution in [1.82, 2.24) is 25.1 Å². The molecule has 0 unspecified atom stereocenters. The van der Waals surface area contributed by atoms with Crippen molar-refractivity contribution in [3.05, 3.63) is 35.1 Å². The van der Waals surface area contributed by atoms with E-state index in [2.05, 4.69) is 32.0 Å². The summed E-state index contributed by atoms with van der Waals surface area (Å²) in [7, 11) is 0. The predicted octanol–water partition coefficient (Wildman–Crippen LogP) is 1.86. The van der Waals surface area contributed by atoms with Gasteiger partial charge in [-0.25, -0.2) is 9.97 Å². The molecule has 0 amide bonds. The second-order valence-corrected chi connectivity index (χ2v) is 5.88. The zero-order chi connectivity index (χ0) is 14.2. The van der Waals surface area contributed by atoms with Crippen LogP contribution in [0.3, 0.4) is 0 Å². The fraction of sp³-hybridized carbons (Fsp3) is 0.600. The predicted molar refractivity (Wildman–Crippen MR) is 75.5 cm³/mol. The number of aromatic nitrogens is 4. The molecule has 2 aromatic heterocycles. The van der Waals surface area contributed by atoms with Crippen molar-refractivity contribution >= 4 is 0 Å². The molecule has 0 bridgehead atoms. The Hall–Kier alpha value is -1.82. The molecule has 4 rings (SSSR count). The third-order valence-corrected chi connectivity index (χ3v) is 4.16. The Balaban J connectivity index is 1.46. The Morgan fingerprint density at radius 1 is 1.33 bits per heavy atom. The van der Waals surface area contributed by atoms with Crippen molar-refractivity contribution in [1.29, 1.82) is 0 Å². The van der Waals surface area contributed by atoms with Crippen LogP contribution in [0.15, 0.2) is 10.6 Å². The lowest BCUT2D eigenvalue weighted by molar-refractivity contribution is 0.215. The maximum absolute atomic E-state index is 5.75. The van der Waals surface area contributed by atoms with Crippen LogP contribution in [0.1, 0.15) is 54.5 Å². The van der Waals surface area contributed by atoms with Crippen LogP contribution in [-0.4, -0.2) is 31.6 Å². The van der Waals surface area contributed by atoms with E-state index in [1.807, 2.05) is 6.20 Å². The van der Waals surface area contributed by atoms with E-state index in [4.69, 9.17) is 4.42 Å². The molecule has 0 spiro atoms. The lowest BCUT2D eigenvalue weighted by Crippen LogP contribution is -2.31. The van der Waals surface area contributed by atoms with Crippen molar-refractivity contribution in [2.45, 2.75) is 51.6 Å². The highest BCUT2D eigenvalue weighted by molar-refractivity contribution is 5.20. The number of aryl methyl sites for hydroxylation is 1. The van der Waals surface area contributed by atoms with E-state index in [0.717, 1.165) is 49.2 Å². The van der Waals surface area contributed by atoms with E-state index in [1.165, 1.54) is 18.4 Å². The second-order valence-electron chi connectivity index (χ2n) is 5.88. The lowest BCUT2D eigenvalue weighted by atomic mass is 10.1. The second kappa shape index (κ2) is 5.18. The third kappa shape index (κ3) is 2.68. The first-order chi connectivity index (χ1) is 10.3. The van der Waals surface area contributed by atoms with Gasteiger partial charge in [0.05, 0.1) is 12.2 Å². The Labute approximate surface area is 123 Å². The highest BCUT2D eigenvalue weighted by Crippen LogP contribution is 2.39. The van der Waals surface area contributed by atoms with Gasteiger partial charge >= 0.3 is 0 Å². The van der Waals surface area contributed by atoms with E-state index in [0.29, 0.717) is 12.5 Å². The molecule has 0 N–H and O–H groups in total. The van der Waals surface area contributed by atoms with Gasteiger partial charge in [-0.1, -0.05) is 6.92 Å². The number of fused-ring (bicyclic) bond motifs is 1. The minimum atomic E-state index is 0.521. The number of nitrogens with zero attached hydrogens (tertiary/aromatic N) is 5. The highest BCUT2D eigenvalue weighted by Gasteiger charge is 2.29. The van der Waals surface area contributed by atoms with Gasteiger partial charge in [0, 0.05) is 31.6 Å². The van der Waals surface area contributed by atoms with Gasteiger partial charge in [0.1, 0.15) is 5.82 Å². The maximum Gasteiger partial charge on any atom is 0.230 e. The van der Waals surface area contributed by atoms with Gasteiger partial charge in [-0.15, -0.1) is 10.2 Å². The van der Waals surface area contributed by atoms with Crippen molar-refractivity contribution in [3.63, 3.8) is 0 Å². The molecule has 110 valence electrons. The topological polar surface area (TPSA) is 67.9 Å².